The number of nitrogen functional groups attached to an aromatic ring is 1. The van der Waals surface area contributed by atoms with E-state index < -0.39 is 0 Å². The minimum atomic E-state index is -0.0863. The summed E-state index contributed by atoms with van der Waals surface area (Å²) in [5.41, 5.74) is 8.80. The van der Waals surface area contributed by atoms with Crippen LogP contribution >= 0.6 is 11.6 Å². The molecule has 1 aliphatic rings. The van der Waals surface area contributed by atoms with E-state index in [4.69, 9.17) is 26.8 Å². The van der Waals surface area contributed by atoms with Gasteiger partial charge in [-0.25, -0.2) is 0 Å². The number of anilines is 1. The van der Waals surface area contributed by atoms with E-state index in [-0.39, 0.29) is 6.29 Å². The Labute approximate surface area is 107 Å². The molecule has 4 heteroatoms. The van der Waals surface area contributed by atoms with Crippen molar-refractivity contribution < 1.29 is 9.47 Å². The predicted octanol–water partition coefficient (Wildman–Crippen LogP) is 2.78. The van der Waals surface area contributed by atoms with Gasteiger partial charge in [0.25, 0.3) is 0 Å². The van der Waals surface area contributed by atoms with Gasteiger partial charge >= 0.3 is 0 Å². The zero-order chi connectivity index (χ0) is 12.4. The van der Waals surface area contributed by atoms with Gasteiger partial charge in [-0.05, 0) is 43.5 Å². The Morgan fingerprint density at radius 1 is 1.35 bits per heavy atom. The van der Waals surface area contributed by atoms with Crippen molar-refractivity contribution in [2.75, 3.05) is 18.9 Å². The van der Waals surface area contributed by atoms with Crippen LogP contribution in [0.15, 0.2) is 12.1 Å². The van der Waals surface area contributed by atoms with E-state index in [1.54, 1.807) is 6.07 Å². The molecule has 0 spiro atoms. The highest BCUT2D eigenvalue weighted by Crippen LogP contribution is 2.26. The van der Waals surface area contributed by atoms with E-state index in [0.29, 0.717) is 11.6 Å². The average Bonchev–Trinajstić information content (AvgIpc) is 2.28. The maximum Gasteiger partial charge on any atom is 0.154 e. The Balaban J connectivity index is 2.08. The molecule has 1 aromatic carbocycles. The minimum absolute atomic E-state index is 0.0863. The standard InChI is InChI=1S/C13H18ClNO2/c1-8-11(4-12(15)5-13(8)14)3-10-6-16-9(2)17-7-10/h4-5,9-10H,3,6-7,15H2,1-2H3. The molecule has 0 unspecified atom stereocenters. The maximum atomic E-state index is 6.12. The van der Waals surface area contributed by atoms with Gasteiger partial charge < -0.3 is 15.2 Å². The fourth-order valence-corrected chi connectivity index (χ4v) is 2.29. The zero-order valence-corrected chi connectivity index (χ0v) is 11.0. The van der Waals surface area contributed by atoms with Crippen molar-refractivity contribution >= 4 is 17.3 Å². The van der Waals surface area contributed by atoms with E-state index >= 15 is 0 Å². The van der Waals surface area contributed by atoms with Gasteiger partial charge in [-0.15, -0.1) is 0 Å². The van der Waals surface area contributed by atoms with Crippen LogP contribution < -0.4 is 5.73 Å². The van der Waals surface area contributed by atoms with E-state index in [1.165, 1.54) is 5.56 Å². The highest BCUT2D eigenvalue weighted by molar-refractivity contribution is 6.31. The lowest BCUT2D eigenvalue weighted by Gasteiger charge is -2.27. The average molecular weight is 256 g/mol. The number of nitrogens with two attached hydrogens (primary N) is 1. The van der Waals surface area contributed by atoms with Crippen LogP contribution in [0.2, 0.25) is 5.02 Å². The molecule has 0 aliphatic carbocycles. The van der Waals surface area contributed by atoms with Gasteiger partial charge in [-0.3, -0.25) is 0 Å². The molecule has 2 N–H and O–H groups in total. The normalized spacial score (nSPS) is 24.9. The highest BCUT2D eigenvalue weighted by atomic mass is 35.5. The summed E-state index contributed by atoms with van der Waals surface area (Å²) in [5, 5.41) is 0.728. The molecule has 2 rings (SSSR count). The van der Waals surface area contributed by atoms with Crippen molar-refractivity contribution in [2.45, 2.75) is 26.6 Å². The molecule has 1 heterocycles. The van der Waals surface area contributed by atoms with Crippen molar-refractivity contribution in [3.63, 3.8) is 0 Å². The third kappa shape index (κ3) is 3.12. The van der Waals surface area contributed by atoms with Gasteiger partial charge in [0.1, 0.15) is 0 Å². The lowest BCUT2D eigenvalue weighted by molar-refractivity contribution is -0.189. The Kier molecular flexibility index (Phi) is 3.92. The smallest absolute Gasteiger partial charge is 0.154 e. The molecular weight excluding hydrogens is 238 g/mol. The van der Waals surface area contributed by atoms with Crippen molar-refractivity contribution in [3.8, 4) is 0 Å². The Morgan fingerprint density at radius 3 is 2.65 bits per heavy atom. The van der Waals surface area contributed by atoms with Crippen LogP contribution in [0.4, 0.5) is 5.69 Å². The summed E-state index contributed by atoms with van der Waals surface area (Å²) in [6, 6.07) is 3.77. The van der Waals surface area contributed by atoms with Crippen molar-refractivity contribution in [1.29, 1.82) is 0 Å². The van der Waals surface area contributed by atoms with Crippen LogP contribution in [0.3, 0.4) is 0 Å². The summed E-state index contributed by atoms with van der Waals surface area (Å²) >= 11 is 6.12. The number of rotatable bonds is 2. The van der Waals surface area contributed by atoms with Crippen molar-refractivity contribution in [3.05, 3.63) is 28.3 Å². The first-order valence-electron chi connectivity index (χ1n) is 5.84. The van der Waals surface area contributed by atoms with Gasteiger partial charge in [0.2, 0.25) is 0 Å². The van der Waals surface area contributed by atoms with Gasteiger partial charge in [0.15, 0.2) is 6.29 Å². The molecule has 1 aliphatic heterocycles. The first kappa shape index (κ1) is 12.7. The topological polar surface area (TPSA) is 44.5 Å². The highest BCUT2D eigenvalue weighted by Gasteiger charge is 2.20. The largest absolute Gasteiger partial charge is 0.399 e. The van der Waals surface area contributed by atoms with Crippen LogP contribution in [0, 0.1) is 12.8 Å². The summed E-state index contributed by atoms with van der Waals surface area (Å²) in [7, 11) is 0. The third-order valence-corrected chi connectivity index (χ3v) is 3.51. The predicted molar refractivity (Wildman–Crippen MR) is 69.2 cm³/mol. The summed E-state index contributed by atoms with van der Waals surface area (Å²) < 4.78 is 11.0. The molecule has 3 nitrogen and oxygen atoms in total. The molecule has 1 saturated heterocycles. The Morgan fingerprint density at radius 2 is 2.00 bits per heavy atom. The fourth-order valence-electron chi connectivity index (χ4n) is 2.04. The van der Waals surface area contributed by atoms with E-state index in [1.807, 2.05) is 19.9 Å². The summed E-state index contributed by atoms with van der Waals surface area (Å²) in [4.78, 5) is 0. The van der Waals surface area contributed by atoms with Crippen molar-refractivity contribution in [2.24, 2.45) is 5.92 Å². The molecule has 0 saturated carbocycles. The van der Waals surface area contributed by atoms with Gasteiger partial charge in [-0.2, -0.15) is 0 Å². The molecule has 0 aromatic heterocycles. The second kappa shape index (κ2) is 5.25. The molecule has 0 amide bonds. The molecular formula is C13H18ClNO2. The lowest BCUT2D eigenvalue weighted by atomic mass is 9.96. The van der Waals surface area contributed by atoms with Crippen molar-refractivity contribution in [1.82, 2.24) is 0 Å². The van der Waals surface area contributed by atoms with Gasteiger partial charge in [-0.1, -0.05) is 11.6 Å². The van der Waals surface area contributed by atoms with Gasteiger partial charge in [0.05, 0.1) is 13.2 Å². The molecule has 1 fully saturated rings. The minimum Gasteiger partial charge on any atom is -0.399 e. The van der Waals surface area contributed by atoms with E-state index in [9.17, 15) is 0 Å². The van der Waals surface area contributed by atoms with Crippen LogP contribution in [0.5, 0.6) is 0 Å². The molecule has 1 aromatic rings. The molecule has 94 valence electrons. The lowest BCUT2D eigenvalue weighted by Crippen LogP contribution is -2.31. The summed E-state index contributed by atoms with van der Waals surface area (Å²) in [5.74, 6) is 0.378. The maximum absolute atomic E-state index is 6.12. The fraction of sp³-hybridized carbons (Fsp3) is 0.538. The summed E-state index contributed by atoms with van der Waals surface area (Å²) in [6.07, 6.45) is 0.806. The molecule has 0 atom stereocenters. The first-order valence-corrected chi connectivity index (χ1v) is 6.21. The number of hydrogen-bond donors (Lipinski definition) is 1. The van der Waals surface area contributed by atoms with Crippen LogP contribution in [0.1, 0.15) is 18.1 Å². The van der Waals surface area contributed by atoms with Crippen LogP contribution in [-0.4, -0.2) is 19.5 Å². The second-order valence-electron chi connectivity index (χ2n) is 4.59. The van der Waals surface area contributed by atoms with Crippen LogP contribution in [-0.2, 0) is 15.9 Å². The number of halogens is 1. The Hall–Kier alpha value is -0.770. The number of benzene rings is 1. The summed E-state index contributed by atoms with van der Waals surface area (Å²) in [6.45, 7) is 5.39. The van der Waals surface area contributed by atoms with Crippen LogP contribution in [0.25, 0.3) is 0 Å². The van der Waals surface area contributed by atoms with E-state index in [0.717, 1.165) is 30.2 Å². The number of ether oxygens (including phenoxy) is 2. The monoisotopic (exact) mass is 255 g/mol. The Bertz CT molecular complexity index is 401. The zero-order valence-electron chi connectivity index (χ0n) is 10.2. The quantitative estimate of drug-likeness (QED) is 0.827. The van der Waals surface area contributed by atoms with Gasteiger partial charge in [0, 0.05) is 16.6 Å². The molecule has 0 radical (unpaired) electrons. The molecule has 0 bridgehead atoms. The third-order valence-electron chi connectivity index (χ3n) is 3.12. The van der Waals surface area contributed by atoms with E-state index in [2.05, 4.69) is 0 Å². The molecule has 17 heavy (non-hydrogen) atoms. The number of hydrogen-bond acceptors (Lipinski definition) is 3. The first-order chi connectivity index (χ1) is 8.06. The SMILES string of the molecule is Cc1c(Cl)cc(N)cc1CC1COC(C)OC1. The second-order valence-corrected chi connectivity index (χ2v) is 5.00.